The maximum absolute atomic E-state index is 5.45. The smallest absolute Gasteiger partial charge is 0.191 e. The zero-order valence-corrected chi connectivity index (χ0v) is 15.5. The van der Waals surface area contributed by atoms with Crippen LogP contribution in [0.5, 0.6) is 0 Å². The van der Waals surface area contributed by atoms with Crippen molar-refractivity contribution < 1.29 is 9.47 Å². The molecular formula is C14H30IN3O2. The van der Waals surface area contributed by atoms with Crippen molar-refractivity contribution in [2.24, 2.45) is 10.4 Å². The van der Waals surface area contributed by atoms with E-state index in [4.69, 9.17) is 9.47 Å². The van der Waals surface area contributed by atoms with Gasteiger partial charge in [-0.15, -0.1) is 24.0 Å². The van der Waals surface area contributed by atoms with Gasteiger partial charge in [-0.05, 0) is 38.5 Å². The predicted octanol–water partition coefficient (Wildman–Crippen LogP) is 2.01. The lowest BCUT2D eigenvalue weighted by molar-refractivity contribution is 0.128. The largest absolute Gasteiger partial charge is 0.383 e. The highest BCUT2D eigenvalue weighted by Crippen LogP contribution is 2.48. The fourth-order valence-corrected chi connectivity index (χ4v) is 2.12. The molecule has 1 atom stereocenters. The molecule has 2 N–H and O–H groups in total. The van der Waals surface area contributed by atoms with Crippen LogP contribution in [0.1, 0.15) is 33.1 Å². The van der Waals surface area contributed by atoms with Crippen LogP contribution in [-0.2, 0) is 9.47 Å². The summed E-state index contributed by atoms with van der Waals surface area (Å²) in [4.78, 5) is 4.25. The van der Waals surface area contributed by atoms with Crippen LogP contribution in [0.15, 0.2) is 4.99 Å². The lowest BCUT2D eigenvalue weighted by Gasteiger charge is -2.21. The normalized spacial score (nSPS) is 18.1. The van der Waals surface area contributed by atoms with Gasteiger partial charge in [0.15, 0.2) is 5.96 Å². The second-order valence-electron chi connectivity index (χ2n) is 5.37. The Morgan fingerprint density at radius 1 is 1.40 bits per heavy atom. The molecule has 1 fully saturated rings. The molecule has 0 saturated heterocycles. The van der Waals surface area contributed by atoms with Crippen LogP contribution in [-0.4, -0.2) is 52.5 Å². The van der Waals surface area contributed by atoms with Crippen molar-refractivity contribution in [3.63, 3.8) is 0 Å². The molecule has 0 aromatic rings. The van der Waals surface area contributed by atoms with Gasteiger partial charge in [-0.3, -0.25) is 4.99 Å². The number of ether oxygens (including phenoxy) is 2. The fourth-order valence-electron chi connectivity index (χ4n) is 2.12. The van der Waals surface area contributed by atoms with Crippen LogP contribution in [0.2, 0.25) is 0 Å². The van der Waals surface area contributed by atoms with Gasteiger partial charge in [0.2, 0.25) is 0 Å². The molecule has 0 aliphatic heterocycles. The van der Waals surface area contributed by atoms with Crippen molar-refractivity contribution in [2.45, 2.75) is 39.2 Å². The molecule has 1 aliphatic carbocycles. The maximum atomic E-state index is 5.45. The topological polar surface area (TPSA) is 54.9 Å². The quantitative estimate of drug-likeness (QED) is 0.270. The van der Waals surface area contributed by atoms with Gasteiger partial charge in [0.05, 0.1) is 6.61 Å². The first-order valence-electron chi connectivity index (χ1n) is 7.19. The average molecular weight is 399 g/mol. The van der Waals surface area contributed by atoms with E-state index in [-0.39, 0.29) is 30.0 Å². The highest BCUT2D eigenvalue weighted by Gasteiger charge is 2.41. The van der Waals surface area contributed by atoms with Crippen molar-refractivity contribution >= 4 is 29.9 Å². The van der Waals surface area contributed by atoms with E-state index in [9.17, 15) is 0 Å². The summed E-state index contributed by atoms with van der Waals surface area (Å²) >= 11 is 0. The maximum Gasteiger partial charge on any atom is 0.191 e. The zero-order valence-electron chi connectivity index (χ0n) is 13.2. The summed E-state index contributed by atoms with van der Waals surface area (Å²) in [5, 5.41) is 6.73. The van der Waals surface area contributed by atoms with Gasteiger partial charge in [0.1, 0.15) is 0 Å². The van der Waals surface area contributed by atoms with E-state index in [2.05, 4.69) is 22.5 Å². The van der Waals surface area contributed by atoms with E-state index in [1.807, 2.05) is 6.92 Å². The molecule has 0 bridgehead atoms. The highest BCUT2D eigenvalue weighted by atomic mass is 127. The Balaban J connectivity index is 0.00000361. The molecule has 120 valence electrons. The third-order valence-electron chi connectivity index (χ3n) is 3.59. The third kappa shape index (κ3) is 7.64. The molecule has 20 heavy (non-hydrogen) atoms. The van der Waals surface area contributed by atoms with Crippen molar-refractivity contribution in [2.75, 3.05) is 40.5 Å². The second kappa shape index (κ2) is 10.6. The minimum Gasteiger partial charge on any atom is -0.383 e. The van der Waals surface area contributed by atoms with Crippen LogP contribution in [0.25, 0.3) is 0 Å². The minimum atomic E-state index is 0. The molecule has 6 heteroatoms. The SMILES string of the molecule is CCOCCC1(CNC(=NC)NC(C)COC)CC1.I. The van der Waals surface area contributed by atoms with Gasteiger partial charge in [0.25, 0.3) is 0 Å². The Bertz CT molecular complexity index is 284. The predicted molar refractivity (Wildman–Crippen MR) is 94.0 cm³/mol. The molecule has 1 aliphatic rings. The van der Waals surface area contributed by atoms with Gasteiger partial charge >= 0.3 is 0 Å². The van der Waals surface area contributed by atoms with Crippen LogP contribution in [0.3, 0.4) is 0 Å². The van der Waals surface area contributed by atoms with Gasteiger partial charge in [-0.1, -0.05) is 0 Å². The molecule has 0 heterocycles. The number of methoxy groups -OCH3 is 1. The van der Waals surface area contributed by atoms with E-state index in [1.54, 1.807) is 14.2 Å². The van der Waals surface area contributed by atoms with Crippen molar-refractivity contribution in [1.82, 2.24) is 10.6 Å². The Labute approximate surface area is 140 Å². The average Bonchev–Trinajstić information content (AvgIpc) is 3.16. The van der Waals surface area contributed by atoms with Crippen LogP contribution >= 0.6 is 24.0 Å². The van der Waals surface area contributed by atoms with Gasteiger partial charge in [-0.25, -0.2) is 0 Å². The standard InChI is InChI=1S/C14H29N3O2.HI/c1-5-19-9-8-14(6-7-14)11-16-13(15-3)17-12(2)10-18-4;/h12H,5-11H2,1-4H3,(H2,15,16,17);1H. The van der Waals surface area contributed by atoms with Gasteiger partial charge in [-0.2, -0.15) is 0 Å². The monoisotopic (exact) mass is 399 g/mol. The van der Waals surface area contributed by atoms with Gasteiger partial charge < -0.3 is 20.1 Å². The number of aliphatic imine (C=N–C) groups is 1. The summed E-state index contributed by atoms with van der Waals surface area (Å²) in [6.07, 6.45) is 3.72. The zero-order chi connectivity index (χ0) is 14.1. The van der Waals surface area contributed by atoms with Crippen LogP contribution < -0.4 is 10.6 Å². The summed E-state index contributed by atoms with van der Waals surface area (Å²) in [7, 11) is 3.51. The van der Waals surface area contributed by atoms with E-state index >= 15 is 0 Å². The van der Waals surface area contributed by atoms with E-state index < -0.39 is 0 Å². The molecule has 0 spiro atoms. The Hall–Kier alpha value is -0.0800. The first-order valence-corrected chi connectivity index (χ1v) is 7.19. The van der Waals surface area contributed by atoms with E-state index in [0.29, 0.717) is 12.0 Å². The van der Waals surface area contributed by atoms with E-state index in [1.165, 1.54) is 12.8 Å². The molecule has 0 aromatic heterocycles. The summed E-state index contributed by atoms with van der Waals surface area (Å²) in [6, 6.07) is 0.259. The molecule has 5 nitrogen and oxygen atoms in total. The molecule has 0 radical (unpaired) electrons. The van der Waals surface area contributed by atoms with Crippen LogP contribution in [0.4, 0.5) is 0 Å². The number of hydrogen-bond donors (Lipinski definition) is 2. The number of hydrogen-bond acceptors (Lipinski definition) is 3. The number of nitrogens with zero attached hydrogens (tertiary/aromatic N) is 1. The molecule has 0 aromatic carbocycles. The molecule has 1 unspecified atom stereocenters. The van der Waals surface area contributed by atoms with Crippen molar-refractivity contribution in [1.29, 1.82) is 0 Å². The first-order chi connectivity index (χ1) is 9.15. The number of guanidine groups is 1. The highest BCUT2D eigenvalue weighted by molar-refractivity contribution is 14.0. The Morgan fingerprint density at radius 3 is 2.60 bits per heavy atom. The molecular weight excluding hydrogens is 369 g/mol. The number of nitrogens with one attached hydrogen (secondary N) is 2. The minimum absolute atomic E-state index is 0. The molecule has 0 amide bonds. The Morgan fingerprint density at radius 2 is 2.10 bits per heavy atom. The summed E-state index contributed by atoms with van der Waals surface area (Å²) in [5.74, 6) is 0.854. The second-order valence-corrected chi connectivity index (χ2v) is 5.37. The lowest BCUT2D eigenvalue weighted by Crippen LogP contribution is -2.45. The van der Waals surface area contributed by atoms with Crippen molar-refractivity contribution in [3.8, 4) is 0 Å². The molecule has 1 saturated carbocycles. The van der Waals surface area contributed by atoms with Gasteiger partial charge in [0, 0.05) is 40.0 Å². The number of halogens is 1. The summed E-state index contributed by atoms with van der Waals surface area (Å²) < 4.78 is 10.6. The summed E-state index contributed by atoms with van der Waals surface area (Å²) in [6.45, 7) is 7.44. The Kier molecular flexibility index (Phi) is 10.6. The van der Waals surface area contributed by atoms with Crippen molar-refractivity contribution in [3.05, 3.63) is 0 Å². The first kappa shape index (κ1) is 19.9. The lowest BCUT2D eigenvalue weighted by atomic mass is 10.0. The molecule has 1 rings (SSSR count). The summed E-state index contributed by atoms with van der Waals surface area (Å²) in [5.41, 5.74) is 0.428. The fraction of sp³-hybridized carbons (Fsp3) is 0.929. The third-order valence-corrected chi connectivity index (χ3v) is 3.59. The van der Waals surface area contributed by atoms with Crippen LogP contribution in [0, 0.1) is 5.41 Å². The number of rotatable bonds is 9. The van der Waals surface area contributed by atoms with E-state index in [0.717, 1.165) is 32.1 Å².